The van der Waals surface area contributed by atoms with Crippen LogP contribution in [0, 0.1) is 10.8 Å². The number of carbonyl (C=O) groups excluding carboxylic acids is 1. The molecule has 13 nitrogen and oxygen atoms in total. The molecule has 1 atom stereocenters. The second-order valence-corrected chi connectivity index (χ2v) is 25.1. The molecule has 2 amide bonds. The lowest BCUT2D eigenvalue weighted by atomic mass is 9.39. The van der Waals surface area contributed by atoms with E-state index in [1.54, 1.807) is 23.3 Å². The van der Waals surface area contributed by atoms with Gasteiger partial charge in [-0.05, 0) is 110 Å². The number of hydrogen-bond acceptors (Lipinski definition) is 11. The van der Waals surface area contributed by atoms with Gasteiger partial charge >= 0.3 is 11.6 Å². The Kier molecular flexibility index (Phi) is 14.1. The van der Waals surface area contributed by atoms with E-state index in [0.717, 1.165) is 87.5 Å². The number of anilines is 2. The summed E-state index contributed by atoms with van der Waals surface area (Å²) >= 11 is 8.09. The van der Waals surface area contributed by atoms with Crippen molar-refractivity contribution >= 4 is 66.6 Å². The number of rotatable bonds is 16. The summed E-state index contributed by atoms with van der Waals surface area (Å²) in [7, 11) is -11.0. The number of alkyl halides is 4. The molecular formula is C47H58ClF3N6O7S3. The number of halogens is 4. The number of nitrogens with zero attached hydrogens (tertiary/aromatic N) is 4. The summed E-state index contributed by atoms with van der Waals surface area (Å²) in [4.78, 5) is 31.5. The van der Waals surface area contributed by atoms with Gasteiger partial charge in [0.2, 0.25) is 0 Å². The van der Waals surface area contributed by atoms with Gasteiger partial charge in [-0.2, -0.15) is 13.2 Å². The zero-order valence-corrected chi connectivity index (χ0v) is 40.9. The summed E-state index contributed by atoms with van der Waals surface area (Å²) in [5.74, 6) is -0.741. The maximum absolute atomic E-state index is 14.2. The van der Waals surface area contributed by atoms with Crippen molar-refractivity contribution < 1.29 is 44.7 Å². The van der Waals surface area contributed by atoms with E-state index in [0.29, 0.717) is 48.7 Å². The molecule has 1 unspecified atom stereocenters. The molecule has 5 fully saturated rings. The Bertz CT molecular complexity index is 2570. The number of hydrogen-bond donors (Lipinski definition) is 3. The molecule has 364 valence electrons. The standard InChI is InChI=1S/C47H58ClF3N6O7S3/c1-44(2)16-14-34(39(27-44)45-30-46(48,31-45)32-45)28-55-20-22-56(23-21-55)36-10-8-33(9-11-36)42(58)53-67(63,64)38-12-13-40(41(26-38)66(61,62)47(49,50)51)52-35(29-65-37-6-4-3-5-7-37)15-17-54-18-24-57(25-19-54)43(59)60/h3-13,26,35,52H,14-25,27-32H2,1-2H3,(H,53,58)(H,59,60). The Morgan fingerprint density at radius 1 is 0.866 bits per heavy atom. The van der Waals surface area contributed by atoms with Crippen molar-refractivity contribution in [3.8, 4) is 0 Å². The molecule has 0 radical (unpaired) electrons. The van der Waals surface area contributed by atoms with Crippen molar-refractivity contribution in [2.45, 2.75) is 89.9 Å². The molecule has 3 N–H and O–H groups in total. The molecule has 3 aromatic carbocycles. The number of carboxylic acid groups (broad SMARTS) is 1. The van der Waals surface area contributed by atoms with Gasteiger partial charge in [-0.25, -0.2) is 26.4 Å². The van der Waals surface area contributed by atoms with Gasteiger partial charge in [0.25, 0.3) is 25.8 Å². The van der Waals surface area contributed by atoms with E-state index in [4.69, 9.17) is 11.6 Å². The first kappa shape index (κ1) is 49.4. The van der Waals surface area contributed by atoms with E-state index in [1.807, 2.05) is 40.0 Å². The zero-order chi connectivity index (χ0) is 48.0. The highest BCUT2D eigenvalue weighted by molar-refractivity contribution is 7.99. The van der Waals surface area contributed by atoms with E-state index in [1.165, 1.54) is 35.2 Å². The number of carbonyl (C=O) groups is 2. The minimum Gasteiger partial charge on any atom is -0.465 e. The molecule has 3 aromatic rings. The third kappa shape index (κ3) is 11.1. The van der Waals surface area contributed by atoms with Crippen LogP contribution in [0.15, 0.2) is 98.6 Å². The Morgan fingerprint density at radius 2 is 1.51 bits per heavy atom. The summed E-state index contributed by atoms with van der Waals surface area (Å²) in [5.41, 5.74) is -1.55. The summed E-state index contributed by atoms with van der Waals surface area (Å²) in [6.07, 6.45) is 6.02. The molecule has 2 aliphatic heterocycles. The van der Waals surface area contributed by atoms with Crippen molar-refractivity contribution in [1.29, 1.82) is 0 Å². The highest BCUT2D eigenvalue weighted by atomic mass is 35.5. The van der Waals surface area contributed by atoms with Crippen LogP contribution < -0.4 is 14.9 Å². The number of piperazine rings is 2. The second kappa shape index (κ2) is 19.1. The van der Waals surface area contributed by atoms with Crippen LogP contribution in [-0.4, -0.2) is 136 Å². The van der Waals surface area contributed by atoms with Crippen LogP contribution in [0.4, 0.5) is 29.3 Å². The van der Waals surface area contributed by atoms with Gasteiger partial charge in [-0.15, -0.1) is 23.4 Å². The maximum Gasteiger partial charge on any atom is 0.501 e. The first-order valence-corrected chi connectivity index (χ1v) is 27.0. The van der Waals surface area contributed by atoms with Gasteiger partial charge < -0.3 is 20.2 Å². The van der Waals surface area contributed by atoms with E-state index < -0.39 is 58.9 Å². The van der Waals surface area contributed by atoms with E-state index in [-0.39, 0.29) is 23.5 Å². The van der Waals surface area contributed by atoms with E-state index in [2.05, 4.69) is 29.0 Å². The van der Waals surface area contributed by atoms with Gasteiger partial charge in [0.15, 0.2) is 0 Å². The summed E-state index contributed by atoms with van der Waals surface area (Å²) in [5, 5.41) is 12.3. The molecule has 2 bridgehead atoms. The smallest absolute Gasteiger partial charge is 0.465 e. The third-order valence-electron chi connectivity index (χ3n) is 14.1. The second-order valence-electron chi connectivity index (χ2n) is 19.6. The predicted molar refractivity (Wildman–Crippen MR) is 254 cm³/mol. The number of benzene rings is 3. The minimum atomic E-state index is -6.10. The fourth-order valence-electron chi connectivity index (χ4n) is 10.3. The molecular weight excluding hydrogens is 949 g/mol. The summed E-state index contributed by atoms with van der Waals surface area (Å²) < 4.78 is 98.0. The number of thioether (sulfide) groups is 1. The molecule has 20 heteroatoms. The zero-order valence-electron chi connectivity index (χ0n) is 37.7. The monoisotopic (exact) mass is 1010 g/mol. The van der Waals surface area contributed by atoms with Gasteiger partial charge in [0, 0.05) is 98.3 Å². The van der Waals surface area contributed by atoms with Crippen LogP contribution in [-0.2, 0) is 19.9 Å². The van der Waals surface area contributed by atoms with Crippen molar-refractivity contribution in [2.75, 3.05) is 81.4 Å². The van der Waals surface area contributed by atoms with Crippen molar-refractivity contribution in [3.05, 3.63) is 89.5 Å². The highest BCUT2D eigenvalue weighted by Gasteiger charge is 2.69. The Labute approximate surface area is 400 Å². The molecule has 0 spiro atoms. The number of allylic oxidation sites excluding steroid dienone is 1. The van der Waals surface area contributed by atoms with Crippen LogP contribution in [0.3, 0.4) is 0 Å². The molecule has 4 aliphatic carbocycles. The average Bonchev–Trinajstić information content (AvgIpc) is 3.26. The van der Waals surface area contributed by atoms with Gasteiger partial charge in [-0.1, -0.05) is 43.2 Å². The fraction of sp³-hybridized carbons (Fsp3) is 0.532. The maximum atomic E-state index is 14.2. The van der Waals surface area contributed by atoms with E-state index in [9.17, 15) is 44.7 Å². The first-order valence-electron chi connectivity index (χ1n) is 22.7. The molecule has 3 saturated carbocycles. The number of nitrogens with one attached hydrogen (secondary N) is 2. The van der Waals surface area contributed by atoms with Crippen molar-refractivity contribution in [2.24, 2.45) is 10.8 Å². The summed E-state index contributed by atoms with van der Waals surface area (Å²) in [6.45, 7) is 10.8. The van der Waals surface area contributed by atoms with Crippen LogP contribution in [0.5, 0.6) is 0 Å². The third-order valence-corrected chi connectivity index (χ3v) is 18.6. The quantitative estimate of drug-likeness (QED) is 0.0720. The topological polar surface area (TPSA) is 160 Å². The number of amides is 2. The molecule has 67 heavy (non-hydrogen) atoms. The van der Waals surface area contributed by atoms with E-state index >= 15 is 0 Å². The molecule has 9 rings (SSSR count). The van der Waals surface area contributed by atoms with Crippen LogP contribution >= 0.6 is 23.4 Å². The Morgan fingerprint density at radius 3 is 2.12 bits per heavy atom. The summed E-state index contributed by atoms with van der Waals surface area (Å²) in [6, 6.07) is 17.4. The number of sulfone groups is 1. The van der Waals surface area contributed by atoms with Gasteiger partial charge in [-0.3, -0.25) is 14.6 Å². The van der Waals surface area contributed by atoms with Crippen molar-refractivity contribution in [1.82, 2.24) is 19.4 Å². The molecule has 2 saturated heterocycles. The van der Waals surface area contributed by atoms with Crippen LogP contribution in [0.25, 0.3) is 0 Å². The highest BCUT2D eigenvalue weighted by Crippen LogP contribution is 2.75. The molecule has 2 heterocycles. The normalized spacial score (nSPS) is 24.1. The Hall–Kier alpha value is -4.01. The fourth-order valence-corrected chi connectivity index (χ4v) is 14.1. The lowest BCUT2D eigenvalue weighted by Crippen LogP contribution is -2.65. The van der Waals surface area contributed by atoms with Gasteiger partial charge in [0.05, 0.1) is 10.6 Å². The lowest BCUT2D eigenvalue weighted by Gasteiger charge is -2.70. The SMILES string of the molecule is CC1(C)CCC(CN2CCN(c3ccc(C(=O)NS(=O)(=O)c4ccc(NC(CCN5CCN(C(=O)O)CC5)CSc5ccccc5)c(S(=O)(=O)C(F)(F)F)c4)cc3)CC2)=C(C23CC(Cl)(C2)C3)C1. The van der Waals surface area contributed by atoms with Gasteiger partial charge in [0.1, 0.15) is 4.90 Å². The lowest BCUT2D eigenvalue weighted by molar-refractivity contribution is -0.0535. The average molecular weight is 1010 g/mol. The Balaban J connectivity index is 0.922. The predicted octanol–water partition coefficient (Wildman–Crippen LogP) is 8.15. The minimum absolute atomic E-state index is 0.0115. The first-order chi connectivity index (χ1) is 31.5. The van der Waals surface area contributed by atoms with Crippen LogP contribution in [0.1, 0.15) is 69.2 Å². The van der Waals surface area contributed by atoms with Crippen molar-refractivity contribution in [3.63, 3.8) is 0 Å². The number of sulfonamides is 1. The van der Waals surface area contributed by atoms with Crippen LogP contribution in [0.2, 0.25) is 0 Å². The molecule has 6 aliphatic rings. The largest absolute Gasteiger partial charge is 0.501 e. The molecule has 0 aromatic heterocycles.